The first-order valence-electron chi connectivity index (χ1n) is 20.2. The van der Waals surface area contributed by atoms with E-state index in [1.165, 1.54) is 10.6 Å². The summed E-state index contributed by atoms with van der Waals surface area (Å²) in [5.41, 5.74) is 6.99. The Morgan fingerprint density at radius 1 is 0.968 bits per heavy atom. The largest absolute Gasteiger partial charge is 0.480 e. The van der Waals surface area contributed by atoms with Crippen LogP contribution < -0.4 is 37.9 Å². The minimum atomic E-state index is -2.06. The predicted octanol–water partition coefficient (Wildman–Crippen LogP) is -0.491. The van der Waals surface area contributed by atoms with Crippen molar-refractivity contribution in [3.8, 4) is 11.4 Å². The molecule has 63 heavy (non-hydrogen) atoms. The second-order valence-electron chi connectivity index (χ2n) is 15.7. The Bertz CT molecular complexity index is 2650. The summed E-state index contributed by atoms with van der Waals surface area (Å²) in [5, 5.41) is 33.5. The minimum Gasteiger partial charge on any atom is -0.480 e. The van der Waals surface area contributed by atoms with Gasteiger partial charge >= 0.3 is 11.9 Å². The third-order valence-electron chi connectivity index (χ3n) is 11.7. The lowest BCUT2D eigenvalue weighted by Crippen LogP contribution is -2.52. The average Bonchev–Trinajstić information content (AvgIpc) is 3.63. The van der Waals surface area contributed by atoms with E-state index in [0.29, 0.717) is 62.9 Å². The fourth-order valence-electron chi connectivity index (χ4n) is 8.32. The second kappa shape index (κ2) is 17.7. The minimum absolute atomic E-state index is 0.0175. The van der Waals surface area contributed by atoms with Crippen molar-refractivity contribution in [3.63, 3.8) is 0 Å². The van der Waals surface area contributed by atoms with E-state index in [2.05, 4.69) is 26.6 Å². The lowest BCUT2D eigenvalue weighted by atomic mass is 9.81. The van der Waals surface area contributed by atoms with Crippen LogP contribution in [0.1, 0.15) is 71.2 Å². The van der Waals surface area contributed by atoms with Gasteiger partial charge in [0.05, 0.1) is 61.1 Å². The van der Waals surface area contributed by atoms with Gasteiger partial charge in [-0.3, -0.25) is 33.6 Å². The quantitative estimate of drug-likeness (QED) is 0.0618. The maximum atomic E-state index is 15.4. The molecule has 2 aromatic carbocycles. The van der Waals surface area contributed by atoms with Gasteiger partial charge < -0.3 is 51.8 Å². The first-order valence-corrected chi connectivity index (χ1v) is 20.2. The molecule has 330 valence electrons. The van der Waals surface area contributed by atoms with Crippen LogP contribution >= 0.6 is 0 Å². The number of ether oxygens (including phenoxy) is 1. The molecule has 4 heterocycles. The van der Waals surface area contributed by atoms with Gasteiger partial charge in [0.1, 0.15) is 24.5 Å². The number of hydrogen-bond acceptors (Lipinski definition) is 12. The topological polar surface area (TPSA) is 290 Å². The number of carbonyl (C=O) groups excluding carboxylic acids is 6. The lowest BCUT2D eigenvalue weighted by Gasteiger charge is -2.31. The first-order chi connectivity index (χ1) is 30.0. The number of aryl methyl sites for hydroxylation is 1. The normalized spacial score (nSPS) is 17.9. The molecule has 2 aliphatic heterocycles. The number of carbonyl (C=O) groups is 7. The molecule has 20 heteroatoms. The van der Waals surface area contributed by atoms with Crippen LogP contribution in [0, 0.1) is 12.7 Å². The van der Waals surface area contributed by atoms with Gasteiger partial charge in [0, 0.05) is 29.0 Å². The van der Waals surface area contributed by atoms with Crippen molar-refractivity contribution >= 4 is 52.4 Å². The number of nitrogens with one attached hydrogen (secondary N) is 5. The third-order valence-corrected chi connectivity index (χ3v) is 11.7. The molecule has 0 unspecified atom stereocenters. The number of benzene rings is 2. The molecule has 5 amide bonds. The summed E-state index contributed by atoms with van der Waals surface area (Å²) in [6.45, 7) is 1.30. The SMILES string of the molecule is CC[C@@]1(O)C(=O)OCc2c1cc1n(c2=O)Cc2c-1nc1cc(F)c(C)c3c1c2[C@@H](NC(=O)CNC(=O)[C@H](Cc1ccccc1)NC(=O)CNC(=O)CNC(=O)C[C@H](N)C(=O)O)CC3. The molecule has 19 nitrogen and oxygen atoms in total. The van der Waals surface area contributed by atoms with E-state index in [-0.39, 0.29) is 37.1 Å². The third kappa shape index (κ3) is 8.71. The molecular weight excluding hydrogens is 824 g/mol. The van der Waals surface area contributed by atoms with Gasteiger partial charge in [0.25, 0.3) is 5.56 Å². The highest BCUT2D eigenvalue weighted by molar-refractivity contribution is 5.96. The number of cyclic esters (lactones) is 1. The van der Waals surface area contributed by atoms with Gasteiger partial charge in [-0.25, -0.2) is 14.2 Å². The van der Waals surface area contributed by atoms with Crippen molar-refractivity contribution in [1.82, 2.24) is 36.1 Å². The molecule has 0 spiro atoms. The molecule has 4 atom stereocenters. The zero-order valence-electron chi connectivity index (χ0n) is 34.3. The van der Waals surface area contributed by atoms with Crippen LogP contribution in [0.3, 0.4) is 0 Å². The van der Waals surface area contributed by atoms with E-state index < -0.39 is 103 Å². The number of esters is 1. The second-order valence-corrected chi connectivity index (χ2v) is 15.7. The molecule has 7 rings (SSSR count). The van der Waals surface area contributed by atoms with E-state index in [9.17, 15) is 43.5 Å². The maximum absolute atomic E-state index is 15.4. The fourth-order valence-corrected chi connectivity index (χ4v) is 8.32. The average molecular weight is 869 g/mol. The summed E-state index contributed by atoms with van der Waals surface area (Å²) in [6, 6.07) is 8.25. The number of fused-ring (bicyclic) bond motifs is 5. The van der Waals surface area contributed by atoms with Gasteiger partial charge in [-0.05, 0) is 54.5 Å². The molecule has 1 aliphatic carbocycles. The van der Waals surface area contributed by atoms with E-state index in [1.54, 1.807) is 50.2 Å². The molecule has 0 radical (unpaired) electrons. The van der Waals surface area contributed by atoms with Gasteiger partial charge in [0.2, 0.25) is 29.5 Å². The molecule has 0 saturated heterocycles. The van der Waals surface area contributed by atoms with Crippen LogP contribution in [-0.2, 0) is 69.9 Å². The highest BCUT2D eigenvalue weighted by Gasteiger charge is 2.46. The van der Waals surface area contributed by atoms with Gasteiger partial charge in [-0.2, -0.15) is 0 Å². The molecule has 0 bridgehead atoms. The number of rotatable bonds is 15. The highest BCUT2D eigenvalue weighted by atomic mass is 19.1. The van der Waals surface area contributed by atoms with Crippen LogP contribution in [0.25, 0.3) is 22.3 Å². The van der Waals surface area contributed by atoms with Crippen LogP contribution in [-0.4, -0.2) is 93.0 Å². The van der Waals surface area contributed by atoms with Crippen molar-refractivity contribution in [2.24, 2.45) is 5.73 Å². The van der Waals surface area contributed by atoms with Gasteiger partial charge in [-0.1, -0.05) is 37.3 Å². The molecule has 2 aromatic heterocycles. The number of pyridine rings is 2. The maximum Gasteiger partial charge on any atom is 0.343 e. The van der Waals surface area contributed by atoms with Crippen LogP contribution in [0.2, 0.25) is 0 Å². The Labute approximate surface area is 358 Å². The Morgan fingerprint density at radius 2 is 1.67 bits per heavy atom. The summed E-state index contributed by atoms with van der Waals surface area (Å²) in [7, 11) is 0. The summed E-state index contributed by atoms with van der Waals surface area (Å²) in [6.07, 6.45) is 0.111. The Morgan fingerprint density at radius 3 is 2.38 bits per heavy atom. The molecular formula is C43H45FN8O11. The van der Waals surface area contributed by atoms with Gasteiger partial charge in [-0.15, -0.1) is 0 Å². The predicted molar refractivity (Wildman–Crippen MR) is 220 cm³/mol. The number of nitrogens with two attached hydrogens (primary N) is 1. The van der Waals surface area contributed by atoms with Crippen LogP contribution in [0.15, 0.2) is 47.3 Å². The number of hydrogen-bond donors (Lipinski definition) is 8. The summed E-state index contributed by atoms with van der Waals surface area (Å²) >= 11 is 0. The number of carboxylic acids is 1. The first kappa shape index (κ1) is 44.0. The zero-order chi connectivity index (χ0) is 45.3. The molecule has 9 N–H and O–H groups in total. The molecule has 4 aromatic rings. The van der Waals surface area contributed by atoms with Crippen molar-refractivity contribution in [1.29, 1.82) is 0 Å². The van der Waals surface area contributed by atoms with E-state index >= 15 is 4.39 Å². The monoisotopic (exact) mass is 868 g/mol. The Hall–Kier alpha value is -7.06. The number of amides is 5. The number of aromatic nitrogens is 2. The van der Waals surface area contributed by atoms with Crippen molar-refractivity contribution in [2.45, 2.75) is 82.8 Å². The fraction of sp³-hybridized carbons (Fsp3) is 0.372. The number of aliphatic hydroxyl groups is 1. The Balaban J connectivity index is 1.07. The number of aliphatic carboxylic acids is 1. The summed E-state index contributed by atoms with van der Waals surface area (Å²) < 4.78 is 22.0. The van der Waals surface area contributed by atoms with E-state index in [1.807, 2.05) is 0 Å². The molecule has 0 saturated carbocycles. The summed E-state index contributed by atoms with van der Waals surface area (Å²) in [5.74, 6) is -6.36. The standard InChI is InChI=1S/C43H45FN8O11/c1-3-43(62)25-12-31-38-23(18-52(31)40(58)24(25)19-63-42(43)61)37-28(10-9-22-20(2)26(44)13-29(51-38)36(22)37)49-35(56)17-48-39(57)30(11-21-7-5-4-6-8-21)50-34(55)16-47-33(54)15-46-32(53)14-27(45)41(59)60/h4-8,12-13,27-28,30,62H,3,9-11,14-19,45H2,1-2H3,(H,46,53)(H,47,54)(H,48,57)(H,49,56)(H,50,55)(H,59,60)/t27-,28-,30-,43-/m0/s1. The summed E-state index contributed by atoms with van der Waals surface area (Å²) in [4.78, 5) is 107. The lowest BCUT2D eigenvalue weighted by molar-refractivity contribution is -0.172. The van der Waals surface area contributed by atoms with Crippen LogP contribution in [0.5, 0.6) is 0 Å². The van der Waals surface area contributed by atoms with E-state index in [4.69, 9.17) is 20.6 Å². The number of carboxylic acid groups (broad SMARTS) is 1. The van der Waals surface area contributed by atoms with E-state index in [0.717, 1.165) is 0 Å². The molecule has 3 aliphatic rings. The number of nitrogens with zero attached hydrogens (tertiary/aromatic N) is 2. The highest BCUT2D eigenvalue weighted by Crippen LogP contribution is 2.46. The van der Waals surface area contributed by atoms with Crippen LogP contribution in [0.4, 0.5) is 4.39 Å². The number of halogens is 1. The smallest absolute Gasteiger partial charge is 0.343 e. The van der Waals surface area contributed by atoms with Crippen molar-refractivity contribution in [3.05, 3.63) is 97.6 Å². The molecule has 0 fully saturated rings. The Kier molecular flexibility index (Phi) is 12.4. The van der Waals surface area contributed by atoms with Gasteiger partial charge in [0.15, 0.2) is 5.60 Å². The van der Waals surface area contributed by atoms with Crippen molar-refractivity contribution < 1.29 is 52.9 Å². The zero-order valence-corrected chi connectivity index (χ0v) is 34.3. The van der Waals surface area contributed by atoms with Crippen molar-refractivity contribution in [2.75, 3.05) is 19.6 Å².